The van der Waals surface area contributed by atoms with Crippen LogP contribution in [-0.4, -0.2) is 12.7 Å². The van der Waals surface area contributed by atoms with E-state index in [1.54, 1.807) is 12.1 Å². The molecule has 2 aliphatic rings. The SMILES string of the molecule is O=C(/C=C/c1cc(Cl)c2c(c1)OCO2)NC1CCCc2ccccc21. The number of nitrogens with one attached hydrogen (secondary N) is 1. The molecule has 1 aliphatic heterocycles. The van der Waals surface area contributed by atoms with Gasteiger partial charge in [-0.2, -0.15) is 0 Å². The van der Waals surface area contributed by atoms with Crippen molar-refractivity contribution in [3.05, 3.63) is 64.2 Å². The summed E-state index contributed by atoms with van der Waals surface area (Å²) >= 11 is 6.16. The third kappa shape index (κ3) is 3.35. The Labute approximate surface area is 151 Å². The lowest BCUT2D eigenvalue weighted by Crippen LogP contribution is -2.29. The summed E-state index contributed by atoms with van der Waals surface area (Å²) in [6, 6.07) is 11.9. The van der Waals surface area contributed by atoms with Gasteiger partial charge in [-0.25, -0.2) is 0 Å². The predicted molar refractivity (Wildman–Crippen MR) is 96.9 cm³/mol. The van der Waals surface area contributed by atoms with E-state index in [4.69, 9.17) is 21.1 Å². The molecule has 2 aromatic rings. The molecule has 0 bridgehead atoms. The molecule has 0 saturated heterocycles. The molecule has 2 aromatic carbocycles. The van der Waals surface area contributed by atoms with Crippen molar-refractivity contribution in [3.8, 4) is 11.5 Å². The number of ether oxygens (including phenoxy) is 2. The van der Waals surface area contributed by atoms with Crippen LogP contribution in [0.5, 0.6) is 11.5 Å². The zero-order valence-electron chi connectivity index (χ0n) is 13.6. The number of benzene rings is 2. The zero-order chi connectivity index (χ0) is 17.2. The van der Waals surface area contributed by atoms with Crippen LogP contribution in [0.2, 0.25) is 5.02 Å². The van der Waals surface area contributed by atoms with Crippen molar-refractivity contribution >= 4 is 23.6 Å². The largest absolute Gasteiger partial charge is 0.454 e. The summed E-state index contributed by atoms with van der Waals surface area (Å²) in [4.78, 5) is 12.3. The zero-order valence-corrected chi connectivity index (χ0v) is 14.4. The van der Waals surface area contributed by atoms with Gasteiger partial charge in [0.2, 0.25) is 12.7 Å². The lowest BCUT2D eigenvalue weighted by atomic mass is 9.88. The molecule has 5 heteroatoms. The molecule has 0 spiro atoms. The van der Waals surface area contributed by atoms with Gasteiger partial charge < -0.3 is 14.8 Å². The van der Waals surface area contributed by atoms with E-state index in [0.29, 0.717) is 16.5 Å². The Balaban J connectivity index is 1.46. The normalized spacial score (nSPS) is 18.2. The maximum atomic E-state index is 12.3. The van der Waals surface area contributed by atoms with Crippen LogP contribution < -0.4 is 14.8 Å². The van der Waals surface area contributed by atoms with Gasteiger partial charge in [0.05, 0.1) is 11.1 Å². The molecule has 0 aromatic heterocycles. The molecule has 1 N–H and O–H groups in total. The summed E-state index contributed by atoms with van der Waals surface area (Å²) < 4.78 is 10.6. The lowest BCUT2D eigenvalue weighted by molar-refractivity contribution is -0.117. The molecular formula is C20H18ClNO3. The highest BCUT2D eigenvalue weighted by Crippen LogP contribution is 2.40. The number of carbonyl (C=O) groups excluding carboxylic acids is 1. The van der Waals surface area contributed by atoms with Crippen molar-refractivity contribution in [2.75, 3.05) is 6.79 Å². The summed E-state index contributed by atoms with van der Waals surface area (Å²) in [5.74, 6) is 1.05. The van der Waals surface area contributed by atoms with E-state index in [1.165, 1.54) is 17.2 Å². The first-order valence-electron chi connectivity index (χ1n) is 8.36. The topological polar surface area (TPSA) is 47.6 Å². The molecule has 1 atom stereocenters. The Kier molecular flexibility index (Phi) is 4.36. The smallest absolute Gasteiger partial charge is 0.244 e. The van der Waals surface area contributed by atoms with E-state index in [0.717, 1.165) is 24.8 Å². The number of rotatable bonds is 3. The standard InChI is InChI=1S/C20H18ClNO3/c21-16-10-13(11-18-20(16)25-12-24-18)8-9-19(23)22-17-7-3-5-14-4-1-2-6-15(14)17/h1-2,4,6,8-11,17H,3,5,7,12H2,(H,22,23)/b9-8+. The number of carbonyl (C=O) groups is 1. The number of aryl methyl sites for hydroxylation is 1. The van der Waals surface area contributed by atoms with Crippen LogP contribution in [0.15, 0.2) is 42.5 Å². The van der Waals surface area contributed by atoms with Gasteiger partial charge in [-0.05, 0) is 54.2 Å². The number of fused-ring (bicyclic) bond motifs is 2. The molecular weight excluding hydrogens is 338 g/mol. The van der Waals surface area contributed by atoms with E-state index in [-0.39, 0.29) is 18.7 Å². The van der Waals surface area contributed by atoms with Gasteiger partial charge in [0.1, 0.15) is 0 Å². The molecule has 4 nitrogen and oxygen atoms in total. The highest BCUT2D eigenvalue weighted by molar-refractivity contribution is 6.32. The fourth-order valence-corrected chi connectivity index (χ4v) is 3.65. The average Bonchev–Trinajstić information content (AvgIpc) is 3.10. The van der Waals surface area contributed by atoms with Gasteiger partial charge in [-0.1, -0.05) is 35.9 Å². The fourth-order valence-electron chi connectivity index (χ4n) is 3.38. The van der Waals surface area contributed by atoms with Crippen molar-refractivity contribution < 1.29 is 14.3 Å². The van der Waals surface area contributed by atoms with Crippen LogP contribution in [-0.2, 0) is 11.2 Å². The van der Waals surface area contributed by atoms with Crippen molar-refractivity contribution in [1.29, 1.82) is 0 Å². The highest BCUT2D eigenvalue weighted by Gasteiger charge is 2.21. The van der Waals surface area contributed by atoms with Crippen LogP contribution in [0.3, 0.4) is 0 Å². The Hall–Kier alpha value is -2.46. The van der Waals surface area contributed by atoms with Gasteiger partial charge in [-0.3, -0.25) is 4.79 Å². The Morgan fingerprint density at radius 2 is 2.12 bits per heavy atom. The second kappa shape index (κ2) is 6.81. The third-order valence-corrected chi connectivity index (χ3v) is 4.84. The van der Waals surface area contributed by atoms with Crippen molar-refractivity contribution in [2.24, 2.45) is 0 Å². The average molecular weight is 356 g/mol. The monoisotopic (exact) mass is 355 g/mol. The Bertz CT molecular complexity index is 847. The first kappa shape index (κ1) is 16.0. The Morgan fingerprint density at radius 1 is 1.24 bits per heavy atom. The molecule has 1 amide bonds. The predicted octanol–water partition coefficient (Wildman–Crippen LogP) is 4.28. The van der Waals surface area contributed by atoms with Gasteiger partial charge in [0.25, 0.3) is 0 Å². The van der Waals surface area contributed by atoms with Crippen LogP contribution in [0.4, 0.5) is 0 Å². The molecule has 0 fully saturated rings. The molecule has 1 aliphatic carbocycles. The Morgan fingerprint density at radius 3 is 3.04 bits per heavy atom. The number of hydrogen-bond donors (Lipinski definition) is 1. The highest BCUT2D eigenvalue weighted by atomic mass is 35.5. The van der Waals surface area contributed by atoms with E-state index >= 15 is 0 Å². The van der Waals surface area contributed by atoms with E-state index in [9.17, 15) is 4.79 Å². The minimum absolute atomic E-state index is 0.0717. The number of halogens is 1. The molecule has 0 radical (unpaired) electrons. The first-order valence-corrected chi connectivity index (χ1v) is 8.74. The van der Waals surface area contributed by atoms with Gasteiger partial charge in [0, 0.05) is 6.08 Å². The number of amides is 1. The lowest BCUT2D eigenvalue weighted by Gasteiger charge is -2.25. The minimum atomic E-state index is -0.115. The summed E-state index contributed by atoms with van der Waals surface area (Å²) in [5.41, 5.74) is 3.35. The maximum absolute atomic E-state index is 12.3. The molecule has 0 saturated carbocycles. The van der Waals surface area contributed by atoms with Gasteiger partial charge in [0.15, 0.2) is 11.5 Å². The van der Waals surface area contributed by atoms with E-state index in [1.807, 2.05) is 18.2 Å². The summed E-state index contributed by atoms with van der Waals surface area (Å²) in [6.45, 7) is 0.170. The fraction of sp³-hybridized carbons (Fsp3) is 0.250. The van der Waals surface area contributed by atoms with Crippen LogP contribution >= 0.6 is 11.6 Å². The first-order chi connectivity index (χ1) is 12.2. The molecule has 25 heavy (non-hydrogen) atoms. The molecule has 1 heterocycles. The summed E-state index contributed by atoms with van der Waals surface area (Å²) in [6.07, 6.45) is 6.40. The van der Waals surface area contributed by atoms with E-state index in [2.05, 4.69) is 17.4 Å². The molecule has 128 valence electrons. The maximum Gasteiger partial charge on any atom is 0.244 e. The second-order valence-electron chi connectivity index (χ2n) is 6.22. The molecule has 1 unspecified atom stereocenters. The van der Waals surface area contributed by atoms with Gasteiger partial charge >= 0.3 is 0 Å². The van der Waals surface area contributed by atoms with E-state index < -0.39 is 0 Å². The second-order valence-corrected chi connectivity index (χ2v) is 6.63. The number of hydrogen-bond acceptors (Lipinski definition) is 3. The van der Waals surface area contributed by atoms with Crippen molar-refractivity contribution in [1.82, 2.24) is 5.32 Å². The van der Waals surface area contributed by atoms with Crippen molar-refractivity contribution in [2.45, 2.75) is 25.3 Å². The quantitative estimate of drug-likeness (QED) is 0.836. The third-order valence-electron chi connectivity index (χ3n) is 4.56. The minimum Gasteiger partial charge on any atom is -0.454 e. The molecule has 4 rings (SSSR count). The summed E-state index contributed by atoms with van der Waals surface area (Å²) in [5, 5.41) is 3.58. The van der Waals surface area contributed by atoms with Crippen LogP contribution in [0, 0.1) is 0 Å². The van der Waals surface area contributed by atoms with Crippen LogP contribution in [0.1, 0.15) is 35.6 Å². The summed E-state index contributed by atoms with van der Waals surface area (Å²) in [7, 11) is 0. The van der Waals surface area contributed by atoms with Gasteiger partial charge in [-0.15, -0.1) is 0 Å². The van der Waals surface area contributed by atoms with Crippen molar-refractivity contribution in [3.63, 3.8) is 0 Å². The van der Waals surface area contributed by atoms with Crippen LogP contribution in [0.25, 0.3) is 6.08 Å².